The molecule has 2 aromatic heterocycles. The Morgan fingerprint density at radius 1 is 1.00 bits per heavy atom. The van der Waals surface area contributed by atoms with Crippen LogP contribution in [-0.4, -0.2) is 58.6 Å². The van der Waals surface area contributed by atoms with Gasteiger partial charge >= 0.3 is 0 Å². The van der Waals surface area contributed by atoms with E-state index in [0.29, 0.717) is 18.1 Å². The lowest BCUT2D eigenvalue weighted by atomic mass is 10.3. The van der Waals surface area contributed by atoms with E-state index in [0.717, 1.165) is 38.5 Å². The van der Waals surface area contributed by atoms with E-state index < -0.39 is 0 Å². The summed E-state index contributed by atoms with van der Waals surface area (Å²) in [5.41, 5.74) is 0.489. The molecule has 0 unspecified atom stereocenters. The predicted octanol–water partition coefficient (Wildman–Crippen LogP) is 0.733. The van der Waals surface area contributed by atoms with Gasteiger partial charge in [0.2, 0.25) is 11.9 Å². The lowest BCUT2D eigenvalue weighted by Gasteiger charge is -2.34. The number of hydrogen-bond acceptors (Lipinski definition) is 7. The van der Waals surface area contributed by atoms with Crippen molar-refractivity contribution < 1.29 is 4.79 Å². The fourth-order valence-electron chi connectivity index (χ4n) is 2.50. The fourth-order valence-corrected chi connectivity index (χ4v) is 2.50. The van der Waals surface area contributed by atoms with Crippen LogP contribution in [0, 0.1) is 0 Å². The van der Waals surface area contributed by atoms with Gasteiger partial charge in [-0.25, -0.2) is 19.9 Å². The maximum atomic E-state index is 11.9. The molecule has 0 aliphatic carbocycles. The number of rotatable bonds is 5. The van der Waals surface area contributed by atoms with Gasteiger partial charge in [0.15, 0.2) is 0 Å². The molecule has 1 aliphatic heterocycles. The summed E-state index contributed by atoms with van der Waals surface area (Å²) in [5.74, 6) is 1.27. The number of hydrogen-bond donors (Lipinski definition) is 1. The van der Waals surface area contributed by atoms with Crippen molar-refractivity contribution in [2.75, 3.05) is 42.5 Å². The number of nitrogens with zero attached hydrogens (tertiary/aromatic N) is 6. The van der Waals surface area contributed by atoms with E-state index in [-0.39, 0.29) is 5.91 Å². The lowest BCUT2D eigenvalue weighted by molar-refractivity contribution is 0.0953. The van der Waals surface area contributed by atoms with Gasteiger partial charge in [0.05, 0.1) is 5.56 Å². The molecule has 0 radical (unpaired) electrons. The maximum absolute atomic E-state index is 11.9. The Morgan fingerprint density at radius 2 is 1.54 bits per heavy atom. The van der Waals surface area contributed by atoms with Crippen LogP contribution in [0.3, 0.4) is 0 Å². The molecule has 0 atom stereocenters. The Kier molecular flexibility index (Phi) is 5.15. The van der Waals surface area contributed by atoms with Crippen molar-refractivity contribution in [2.24, 2.45) is 0 Å². The van der Waals surface area contributed by atoms with Gasteiger partial charge in [-0.1, -0.05) is 6.92 Å². The summed E-state index contributed by atoms with van der Waals surface area (Å²) in [7, 11) is 0. The average Bonchev–Trinajstić information content (AvgIpc) is 2.67. The topological polar surface area (TPSA) is 87.1 Å². The third kappa shape index (κ3) is 3.76. The lowest BCUT2D eigenvalue weighted by Crippen LogP contribution is -2.47. The first-order chi connectivity index (χ1) is 11.8. The molecule has 3 rings (SSSR count). The minimum absolute atomic E-state index is 0.130. The molecule has 1 amide bonds. The van der Waals surface area contributed by atoms with E-state index in [4.69, 9.17) is 0 Å². The molecule has 0 spiro atoms. The van der Waals surface area contributed by atoms with Crippen LogP contribution < -0.4 is 15.1 Å². The predicted molar refractivity (Wildman–Crippen MR) is 91.1 cm³/mol. The second kappa shape index (κ2) is 7.67. The Hall–Kier alpha value is -2.77. The molecule has 3 heterocycles. The van der Waals surface area contributed by atoms with Gasteiger partial charge in [0, 0.05) is 57.5 Å². The highest BCUT2D eigenvalue weighted by Crippen LogP contribution is 2.14. The maximum Gasteiger partial charge on any atom is 0.254 e. The van der Waals surface area contributed by atoms with Crippen molar-refractivity contribution in [3.8, 4) is 0 Å². The molecule has 1 N–H and O–H groups in total. The summed E-state index contributed by atoms with van der Waals surface area (Å²) in [4.78, 5) is 33.3. The number of aromatic nitrogens is 4. The van der Waals surface area contributed by atoms with Crippen LogP contribution in [0.2, 0.25) is 0 Å². The number of carbonyl (C=O) groups is 1. The van der Waals surface area contributed by atoms with Gasteiger partial charge in [-0.2, -0.15) is 0 Å². The van der Waals surface area contributed by atoms with Crippen LogP contribution in [0.25, 0.3) is 0 Å². The number of amides is 1. The summed E-state index contributed by atoms with van der Waals surface area (Å²) in [6.07, 6.45) is 7.57. The van der Waals surface area contributed by atoms with Crippen molar-refractivity contribution in [2.45, 2.75) is 13.3 Å². The number of piperazine rings is 1. The Morgan fingerprint density at radius 3 is 2.08 bits per heavy atom. The second-order valence-electron chi connectivity index (χ2n) is 5.55. The zero-order valence-corrected chi connectivity index (χ0v) is 13.7. The minimum Gasteiger partial charge on any atom is -0.352 e. The molecule has 2 aromatic rings. The molecule has 8 nitrogen and oxygen atoms in total. The molecule has 1 fully saturated rings. The summed E-state index contributed by atoms with van der Waals surface area (Å²) in [6, 6.07) is 1.81. The smallest absolute Gasteiger partial charge is 0.254 e. The largest absolute Gasteiger partial charge is 0.352 e. The van der Waals surface area contributed by atoms with Crippen molar-refractivity contribution in [3.63, 3.8) is 0 Å². The molecule has 8 heteroatoms. The van der Waals surface area contributed by atoms with Crippen LogP contribution in [-0.2, 0) is 0 Å². The highest BCUT2D eigenvalue weighted by atomic mass is 16.1. The molecule has 24 heavy (non-hydrogen) atoms. The van der Waals surface area contributed by atoms with Gasteiger partial charge in [-0.15, -0.1) is 0 Å². The number of nitrogens with one attached hydrogen (secondary N) is 1. The van der Waals surface area contributed by atoms with E-state index in [2.05, 4.69) is 35.1 Å². The van der Waals surface area contributed by atoms with E-state index in [1.54, 1.807) is 24.8 Å². The summed E-state index contributed by atoms with van der Waals surface area (Å²) in [6.45, 7) is 5.88. The van der Waals surface area contributed by atoms with E-state index in [1.807, 2.05) is 13.0 Å². The van der Waals surface area contributed by atoms with Crippen LogP contribution in [0.4, 0.5) is 11.9 Å². The third-order valence-corrected chi connectivity index (χ3v) is 3.83. The fraction of sp³-hybridized carbons (Fsp3) is 0.438. The van der Waals surface area contributed by atoms with E-state index in [9.17, 15) is 4.79 Å². The van der Waals surface area contributed by atoms with Crippen LogP contribution in [0.1, 0.15) is 23.7 Å². The minimum atomic E-state index is -0.130. The number of carbonyl (C=O) groups excluding carboxylic acids is 1. The summed E-state index contributed by atoms with van der Waals surface area (Å²) >= 11 is 0. The molecule has 126 valence electrons. The Labute approximate surface area is 141 Å². The van der Waals surface area contributed by atoms with Gasteiger partial charge in [0.25, 0.3) is 5.91 Å². The summed E-state index contributed by atoms with van der Waals surface area (Å²) in [5, 5.41) is 2.82. The van der Waals surface area contributed by atoms with Crippen LogP contribution in [0.5, 0.6) is 0 Å². The molecule has 1 aliphatic rings. The molecular formula is C16H21N7O. The quantitative estimate of drug-likeness (QED) is 0.866. The van der Waals surface area contributed by atoms with Gasteiger partial charge in [-0.3, -0.25) is 4.79 Å². The Balaban J connectivity index is 1.57. The molecule has 0 saturated carbocycles. The van der Waals surface area contributed by atoms with Gasteiger partial charge < -0.3 is 15.1 Å². The van der Waals surface area contributed by atoms with Crippen molar-refractivity contribution in [1.29, 1.82) is 0 Å². The molecule has 0 bridgehead atoms. The normalized spacial score (nSPS) is 14.5. The van der Waals surface area contributed by atoms with Gasteiger partial charge in [0.1, 0.15) is 0 Å². The molecule has 1 saturated heterocycles. The molecular weight excluding hydrogens is 306 g/mol. The van der Waals surface area contributed by atoms with Crippen molar-refractivity contribution >= 4 is 17.8 Å². The van der Waals surface area contributed by atoms with Crippen LogP contribution >= 0.6 is 0 Å². The Bertz CT molecular complexity index is 654. The van der Waals surface area contributed by atoms with Crippen molar-refractivity contribution in [3.05, 3.63) is 36.4 Å². The zero-order chi connectivity index (χ0) is 16.8. The van der Waals surface area contributed by atoms with E-state index in [1.165, 1.54) is 0 Å². The van der Waals surface area contributed by atoms with Crippen molar-refractivity contribution in [1.82, 2.24) is 25.3 Å². The average molecular weight is 327 g/mol. The monoisotopic (exact) mass is 327 g/mol. The second-order valence-corrected chi connectivity index (χ2v) is 5.55. The van der Waals surface area contributed by atoms with Gasteiger partial charge in [-0.05, 0) is 12.5 Å². The standard InChI is InChI=1S/C16H21N7O/c1-2-4-17-14(24)13-11-20-16(21-12-13)23-9-7-22(8-10-23)15-18-5-3-6-19-15/h3,5-6,11-12H,2,4,7-10H2,1H3,(H,17,24). The third-order valence-electron chi connectivity index (χ3n) is 3.83. The first-order valence-corrected chi connectivity index (χ1v) is 8.15. The first-order valence-electron chi connectivity index (χ1n) is 8.15. The molecule has 0 aromatic carbocycles. The SMILES string of the molecule is CCCNC(=O)c1cnc(N2CCN(c3ncccn3)CC2)nc1. The van der Waals surface area contributed by atoms with Crippen LogP contribution in [0.15, 0.2) is 30.9 Å². The highest BCUT2D eigenvalue weighted by Gasteiger charge is 2.20. The highest BCUT2D eigenvalue weighted by molar-refractivity contribution is 5.93. The zero-order valence-electron chi connectivity index (χ0n) is 13.7. The number of anilines is 2. The summed E-state index contributed by atoms with van der Waals surface area (Å²) < 4.78 is 0. The van der Waals surface area contributed by atoms with E-state index >= 15 is 0 Å². The first kappa shape index (κ1) is 16.1.